The highest BCUT2D eigenvalue weighted by Crippen LogP contribution is 2.03. The van der Waals surface area contributed by atoms with Crippen molar-refractivity contribution in [2.45, 2.75) is 0 Å². The van der Waals surface area contributed by atoms with Crippen LogP contribution in [0.4, 0.5) is 0 Å². The van der Waals surface area contributed by atoms with Crippen molar-refractivity contribution >= 4 is 16.5 Å². The zero-order chi connectivity index (χ0) is 5.82. The summed E-state index contributed by atoms with van der Waals surface area (Å²) in [7, 11) is 0.167. The van der Waals surface area contributed by atoms with Crippen molar-refractivity contribution in [3.05, 3.63) is 0 Å². The molecule has 2 nitrogen and oxygen atoms in total. The number of hydrogen-bond acceptors (Lipinski definition) is 2. The molecule has 1 rings (SSSR count). The molecule has 8 heavy (non-hydrogen) atoms. The van der Waals surface area contributed by atoms with Gasteiger partial charge < -0.3 is 4.74 Å². The van der Waals surface area contributed by atoms with Crippen LogP contribution in [0.25, 0.3) is 0 Å². The third-order valence-electron chi connectivity index (χ3n) is 1.03. The van der Waals surface area contributed by atoms with E-state index in [1.54, 1.807) is 0 Å². The third-order valence-corrected chi connectivity index (χ3v) is 2.30. The Kier molecular flexibility index (Phi) is 2.52. The van der Waals surface area contributed by atoms with Crippen LogP contribution in [0.15, 0.2) is 0 Å². The number of ether oxygens (including phenoxy) is 1. The van der Waals surface area contributed by atoms with Crippen LogP contribution >= 0.6 is 10.7 Å². The van der Waals surface area contributed by atoms with Crippen LogP contribution in [-0.4, -0.2) is 31.4 Å². The molecule has 1 atom stereocenters. The fraction of sp³-hybridized carbons (Fsp3) is 0.800. The summed E-state index contributed by atoms with van der Waals surface area (Å²) in [5, 5.41) is 0. The van der Waals surface area contributed by atoms with E-state index in [2.05, 4.69) is 10.6 Å². The lowest BCUT2D eigenvalue weighted by Gasteiger charge is -1.99. The van der Waals surface area contributed by atoms with Gasteiger partial charge in [-0.2, -0.15) is 0 Å². The summed E-state index contributed by atoms with van der Waals surface area (Å²) in [5.74, 6) is 4.96. The first-order chi connectivity index (χ1) is 3.89. The summed E-state index contributed by atoms with van der Waals surface area (Å²) in [5.41, 5.74) is 0. The van der Waals surface area contributed by atoms with Crippen LogP contribution < -0.4 is 4.72 Å². The molecule has 0 aromatic carbocycles. The van der Waals surface area contributed by atoms with E-state index in [0.717, 1.165) is 25.5 Å². The van der Waals surface area contributed by atoms with E-state index < -0.39 is 0 Å². The van der Waals surface area contributed by atoms with Crippen molar-refractivity contribution < 1.29 is 4.74 Å². The van der Waals surface area contributed by atoms with Gasteiger partial charge in [-0.1, -0.05) is 5.87 Å². The molecule has 0 spiro atoms. The lowest BCUT2D eigenvalue weighted by atomic mass is 10.7. The molecule has 0 aliphatic carbocycles. The highest BCUT2D eigenvalue weighted by atomic mass is 32.2. The van der Waals surface area contributed by atoms with Crippen molar-refractivity contribution in [2.75, 3.05) is 25.5 Å². The normalized spacial score (nSPS) is 31.8. The van der Waals surface area contributed by atoms with E-state index in [-0.39, 0.29) is 10.7 Å². The third kappa shape index (κ3) is 1.94. The summed E-state index contributed by atoms with van der Waals surface area (Å²) in [6.07, 6.45) is 0. The summed E-state index contributed by atoms with van der Waals surface area (Å²) in [6.45, 7) is 2.69. The zero-order valence-corrected chi connectivity index (χ0v) is 5.67. The van der Waals surface area contributed by atoms with E-state index in [1.165, 1.54) is 0 Å². The van der Waals surface area contributed by atoms with E-state index in [4.69, 9.17) is 4.74 Å². The Morgan fingerprint density at radius 3 is 3.25 bits per heavy atom. The van der Waals surface area contributed by atoms with Crippen LogP contribution in [0.2, 0.25) is 0 Å². The maximum atomic E-state index is 5.17. The van der Waals surface area contributed by atoms with Gasteiger partial charge in [0.1, 0.15) is 0 Å². The average molecular weight is 133 g/mol. The van der Waals surface area contributed by atoms with Crippen LogP contribution in [-0.2, 0) is 4.74 Å². The summed E-state index contributed by atoms with van der Waals surface area (Å²) in [4.78, 5) is 0. The molecule has 48 valence electrons. The van der Waals surface area contributed by atoms with Crippen molar-refractivity contribution in [3.8, 4) is 0 Å². The van der Waals surface area contributed by atoms with Gasteiger partial charge in [-0.3, -0.25) is 4.72 Å². The average Bonchev–Trinajstić information content (AvgIpc) is 1.94. The first-order valence-corrected chi connectivity index (χ1v) is 4.28. The molecule has 0 aromatic rings. The maximum Gasteiger partial charge on any atom is 0.0600 e. The number of nitrogens with one attached hydrogen (secondary N) is 1. The van der Waals surface area contributed by atoms with Crippen LogP contribution in [0.5, 0.6) is 0 Å². The zero-order valence-electron chi connectivity index (χ0n) is 4.85. The fourth-order valence-electron chi connectivity index (χ4n) is 0.592. The van der Waals surface area contributed by atoms with Gasteiger partial charge in [-0.25, -0.2) is 0 Å². The number of hydrogen-bond donors (Lipinski definition) is 1. The Hall–Kier alpha value is 0.140. The second kappa shape index (κ2) is 3.22. The van der Waals surface area contributed by atoms with Gasteiger partial charge >= 0.3 is 0 Å². The molecule has 1 aliphatic heterocycles. The molecule has 1 N–H and O–H groups in total. The lowest BCUT2D eigenvalue weighted by molar-refractivity contribution is 0.160. The van der Waals surface area contributed by atoms with Gasteiger partial charge in [-0.05, 0) is 0 Å². The Bertz CT molecular complexity index is 84.4. The molecule has 1 heterocycles. The monoisotopic (exact) mass is 133 g/mol. The largest absolute Gasteiger partial charge is 0.379 e. The van der Waals surface area contributed by atoms with E-state index in [1.807, 2.05) is 0 Å². The maximum absolute atomic E-state index is 5.17. The van der Waals surface area contributed by atoms with Gasteiger partial charge in [0.2, 0.25) is 0 Å². The standard InChI is InChI=1S/C5H11NOS/c1-8-5-4-7-3-2-6-8/h6H,1-5H2. The highest BCUT2D eigenvalue weighted by Gasteiger charge is 1.97. The van der Waals surface area contributed by atoms with Crippen molar-refractivity contribution in [2.24, 2.45) is 0 Å². The number of rotatable bonds is 0. The molecular weight excluding hydrogens is 122 g/mol. The molecule has 0 radical (unpaired) electrons. The minimum Gasteiger partial charge on any atom is -0.379 e. The molecular formula is C5H11NOS. The molecule has 3 heteroatoms. The Morgan fingerprint density at radius 2 is 2.38 bits per heavy atom. The van der Waals surface area contributed by atoms with Crippen molar-refractivity contribution in [3.63, 3.8) is 0 Å². The molecule has 0 bridgehead atoms. The molecule has 0 aromatic heterocycles. The second-order valence-electron chi connectivity index (χ2n) is 1.70. The predicted molar refractivity (Wildman–Crippen MR) is 38.4 cm³/mol. The van der Waals surface area contributed by atoms with E-state index in [9.17, 15) is 0 Å². The first-order valence-electron chi connectivity index (χ1n) is 2.71. The van der Waals surface area contributed by atoms with Crippen LogP contribution in [0, 0.1) is 0 Å². The Balaban J connectivity index is 2.27. The molecule has 0 saturated carbocycles. The van der Waals surface area contributed by atoms with Gasteiger partial charge in [0.25, 0.3) is 0 Å². The summed E-state index contributed by atoms with van der Waals surface area (Å²) in [6, 6.07) is 0. The Morgan fingerprint density at radius 1 is 1.50 bits per heavy atom. The predicted octanol–water partition coefficient (Wildman–Crippen LogP) is 0.222. The quantitative estimate of drug-likeness (QED) is 0.477. The molecule has 0 amide bonds. The van der Waals surface area contributed by atoms with E-state index in [0.29, 0.717) is 0 Å². The topological polar surface area (TPSA) is 21.3 Å². The lowest BCUT2D eigenvalue weighted by Crippen LogP contribution is -2.09. The molecule has 1 fully saturated rings. The van der Waals surface area contributed by atoms with E-state index >= 15 is 0 Å². The minimum atomic E-state index is 0.167. The first kappa shape index (κ1) is 6.26. The summed E-state index contributed by atoms with van der Waals surface area (Å²) >= 11 is 0. The smallest absolute Gasteiger partial charge is 0.0600 e. The molecule has 1 saturated heterocycles. The SMILES string of the molecule is C=S1CCOCCN1. The minimum absolute atomic E-state index is 0.167. The van der Waals surface area contributed by atoms with Crippen LogP contribution in [0.1, 0.15) is 0 Å². The van der Waals surface area contributed by atoms with Gasteiger partial charge in [0.15, 0.2) is 0 Å². The highest BCUT2D eigenvalue weighted by molar-refractivity contribution is 8.12. The molecule has 1 unspecified atom stereocenters. The second-order valence-corrected chi connectivity index (χ2v) is 3.39. The molecule has 1 aliphatic rings. The Labute approximate surface area is 52.3 Å². The van der Waals surface area contributed by atoms with Crippen LogP contribution in [0.3, 0.4) is 0 Å². The van der Waals surface area contributed by atoms with Gasteiger partial charge in [-0.15, -0.1) is 10.7 Å². The van der Waals surface area contributed by atoms with Crippen molar-refractivity contribution in [1.82, 2.24) is 4.72 Å². The van der Waals surface area contributed by atoms with Gasteiger partial charge in [0.05, 0.1) is 13.2 Å². The van der Waals surface area contributed by atoms with Crippen molar-refractivity contribution in [1.29, 1.82) is 0 Å². The fourth-order valence-corrected chi connectivity index (χ4v) is 1.43. The summed E-state index contributed by atoms with van der Waals surface area (Å²) < 4.78 is 8.41. The van der Waals surface area contributed by atoms with Gasteiger partial charge in [0, 0.05) is 12.3 Å².